The van der Waals surface area contributed by atoms with Crippen LogP contribution in [0.2, 0.25) is 0 Å². The van der Waals surface area contributed by atoms with E-state index in [2.05, 4.69) is 15.2 Å². The van der Waals surface area contributed by atoms with Gasteiger partial charge < -0.3 is 15.0 Å². The van der Waals surface area contributed by atoms with E-state index >= 15 is 0 Å². The van der Waals surface area contributed by atoms with Crippen LogP contribution in [-0.4, -0.2) is 49.6 Å². The zero-order valence-electron chi connectivity index (χ0n) is 18.5. The summed E-state index contributed by atoms with van der Waals surface area (Å²) >= 11 is 1.06. The summed E-state index contributed by atoms with van der Waals surface area (Å²) < 4.78 is 22.1. The van der Waals surface area contributed by atoms with Gasteiger partial charge in [0.15, 0.2) is 16.8 Å². The molecule has 2 aromatic heterocycles. The van der Waals surface area contributed by atoms with Gasteiger partial charge in [0.1, 0.15) is 17.2 Å². The van der Waals surface area contributed by atoms with Crippen molar-refractivity contribution in [2.45, 2.75) is 32.1 Å². The van der Waals surface area contributed by atoms with Crippen LogP contribution >= 0.6 is 11.8 Å². The largest absolute Gasteiger partial charge is 0.384 e. The summed E-state index contributed by atoms with van der Waals surface area (Å²) in [6.45, 7) is 4.75. The summed E-state index contributed by atoms with van der Waals surface area (Å²) in [4.78, 5) is 39.3. The Kier molecular flexibility index (Phi) is 7.82. The van der Waals surface area contributed by atoms with Crippen LogP contribution in [0.5, 0.6) is 0 Å². The molecule has 2 heterocycles. The number of aromatic nitrogens is 5. The number of carbonyl (C=O) groups excluding carboxylic acids is 1. The van der Waals surface area contributed by atoms with Crippen LogP contribution in [0.25, 0.3) is 11.4 Å². The number of aromatic amines is 1. The van der Waals surface area contributed by atoms with Crippen molar-refractivity contribution >= 4 is 23.4 Å². The molecule has 1 aromatic carbocycles. The number of nitrogens with one attached hydrogen (secondary N) is 1. The Labute approximate surface area is 193 Å². The number of nitrogen functional groups attached to an aromatic ring is 1. The molecule has 12 heteroatoms. The first kappa shape index (κ1) is 24.4. The molecule has 0 aliphatic rings. The van der Waals surface area contributed by atoms with Gasteiger partial charge in [-0.25, -0.2) is 9.18 Å². The number of ether oxygens (including phenoxy) is 1. The number of halogens is 1. The number of anilines is 1. The molecular formula is C21H25FN6O4S. The standard InChI is InChI=1S/C21H25FN6O4S/c1-12(2)10-28-18(13-6-4-5-7-14(13)22)25-26-21(28)33-11-15(29)16-17(23)27(8-9-32-3)20(31)24-19(16)30/h4-7,12H,8-11,23H2,1-3H3,(H,24,30,31). The predicted octanol–water partition coefficient (Wildman–Crippen LogP) is 1.79. The van der Waals surface area contributed by atoms with Gasteiger partial charge in [0.2, 0.25) is 0 Å². The van der Waals surface area contributed by atoms with E-state index in [0.717, 1.165) is 16.3 Å². The predicted molar refractivity (Wildman–Crippen MR) is 123 cm³/mol. The fraction of sp³-hybridized carbons (Fsp3) is 0.381. The van der Waals surface area contributed by atoms with Gasteiger partial charge in [-0.05, 0) is 18.1 Å². The quantitative estimate of drug-likeness (QED) is 0.334. The van der Waals surface area contributed by atoms with E-state index < -0.39 is 22.8 Å². The molecular weight excluding hydrogens is 451 g/mol. The second-order valence-corrected chi connectivity index (χ2v) is 8.61. The third-order valence-electron chi connectivity index (χ3n) is 4.75. The molecule has 0 aliphatic carbocycles. The summed E-state index contributed by atoms with van der Waals surface area (Å²) in [7, 11) is 1.46. The molecule has 0 saturated carbocycles. The van der Waals surface area contributed by atoms with Gasteiger partial charge >= 0.3 is 5.69 Å². The Hall–Kier alpha value is -3.25. The van der Waals surface area contributed by atoms with Crippen LogP contribution in [0.4, 0.5) is 10.2 Å². The lowest BCUT2D eigenvalue weighted by atomic mass is 10.2. The Morgan fingerprint density at radius 3 is 2.64 bits per heavy atom. The molecule has 0 spiro atoms. The fourth-order valence-corrected chi connectivity index (χ4v) is 4.05. The first-order valence-corrected chi connectivity index (χ1v) is 11.2. The topological polar surface area (TPSA) is 138 Å². The summed E-state index contributed by atoms with van der Waals surface area (Å²) in [5.41, 5.74) is 4.40. The number of nitrogens with zero attached hydrogens (tertiary/aromatic N) is 4. The second kappa shape index (κ2) is 10.6. The number of rotatable bonds is 10. The second-order valence-electron chi connectivity index (χ2n) is 7.67. The number of carbonyl (C=O) groups is 1. The zero-order chi connectivity index (χ0) is 24.1. The minimum absolute atomic E-state index is 0.0834. The lowest BCUT2D eigenvalue weighted by molar-refractivity contribution is 0.102. The molecule has 0 fully saturated rings. The van der Waals surface area contributed by atoms with E-state index in [-0.39, 0.29) is 36.2 Å². The summed E-state index contributed by atoms with van der Waals surface area (Å²) in [6.07, 6.45) is 0. The van der Waals surface area contributed by atoms with Crippen LogP contribution in [0.3, 0.4) is 0 Å². The molecule has 0 unspecified atom stereocenters. The minimum atomic E-state index is -0.854. The molecule has 0 bridgehead atoms. The average Bonchev–Trinajstić information content (AvgIpc) is 3.13. The van der Waals surface area contributed by atoms with Gasteiger partial charge in [-0.15, -0.1) is 10.2 Å². The van der Waals surface area contributed by atoms with Crippen molar-refractivity contribution in [1.82, 2.24) is 24.3 Å². The Morgan fingerprint density at radius 1 is 1.24 bits per heavy atom. The maximum atomic E-state index is 14.4. The number of benzene rings is 1. The van der Waals surface area contributed by atoms with E-state index in [4.69, 9.17) is 10.5 Å². The smallest absolute Gasteiger partial charge is 0.330 e. The van der Waals surface area contributed by atoms with Crippen LogP contribution < -0.4 is 17.0 Å². The van der Waals surface area contributed by atoms with Crippen LogP contribution in [0.1, 0.15) is 24.2 Å². The van der Waals surface area contributed by atoms with Crippen molar-refractivity contribution in [2.75, 3.05) is 25.2 Å². The number of thioether (sulfide) groups is 1. The van der Waals surface area contributed by atoms with Crippen LogP contribution in [-0.2, 0) is 17.8 Å². The van der Waals surface area contributed by atoms with Crippen LogP contribution in [0.15, 0.2) is 39.0 Å². The highest BCUT2D eigenvalue weighted by molar-refractivity contribution is 7.99. The van der Waals surface area contributed by atoms with E-state index in [0.29, 0.717) is 23.1 Å². The number of methoxy groups -OCH3 is 1. The molecule has 3 aromatic rings. The third-order valence-corrected chi connectivity index (χ3v) is 5.72. The Morgan fingerprint density at radius 2 is 1.97 bits per heavy atom. The summed E-state index contributed by atoms with van der Waals surface area (Å²) in [5, 5.41) is 8.67. The third kappa shape index (κ3) is 5.40. The van der Waals surface area contributed by atoms with Crippen molar-refractivity contribution in [2.24, 2.45) is 5.92 Å². The zero-order valence-corrected chi connectivity index (χ0v) is 19.3. The first-order chi connectivity index (χ1) is 15.7. The highest BCUT2D eigenvalue weighted by Crippen LogP contribution is 2.27. The molecule has 3 N–H and O–H groups in total. The van der Waals surface area contributed by atoms with E-state index in [1.54, 1.807) is 22.8 Å². The molecule has 0 saturated heterocycles. The van der Waals surface area contributed by atoms with Crippen molar-refractivity contribution in [3.05, 3.63) is 56.5 Å². The van der Waals surface area contributed by atoms with Crippen molar-refractivity contribution in [1.29, 1.82) is 0 Å². The highest BCUT2D eigenvalue weighted by atomic mass is 32.2. The van der Waals surface area contributed by atoms with E-state index in [1.807, 2.05) is 13.8 Å². The number of Topliss-reactive ketones (excluding diaryl/α,β-unsaturated/α-hetero) is 1. The molecule has 0 atom stereocenters. The lowest BCUT2D eigenvalue weighted by Gasteiger charge is -2.13. The molecule has 10 nitrogen and oxygen atoms in total. The van der Waals surface area contributed by atoms with Gasteiger partial charge in [0.05, 0.1) is 24.5 Å². The van der Waals surface area contributed by atoms with Gasteiger partial charge in [-0.2, -0.15) is 0 Å². The van der Waals surface area contributed by atoms with Crippen molar-refractivity contribution in [3.8, 4) is 11.4 Å². The van der Waals surface area contributed by atoms with E-state index in [1.165, 1.54) is 13.2 Å². The van der Waals surface area contributed by atoms with E-state index in [9.17, 15) is 18.8 Å². The Balaban J connectivity index is 1.90. The van der Waals surface area contributed by atoms with Gasteiger partial charge in [0, 0.05) is 13.7 Å². The van der Waals surface area contributed by atoms with Gasteiger partial charge in [-0.3, -0.25) is 19.1 Å². The molecule has 3 rings (SSSR count). The normalized spacial score (nSPS) is 11.3. The number of ketones is 1. The number of nitrogens with two attached hydrogens (primary N) is 1. The number of H-pyrrole nitrogens is 1. The molecule has 0 aliphatic heterocycles. The van der Waals surface area contributed by atoms with Gasteiger partial charge in [-0.1, -0.05) is 37.7 Å². The first-order valence-electron chi connectivity index (χ1n) is 10.2. The average molecular weight is 477 g/mol. The Bertz CT molecular complexity index is 1270. The van der Waals surface area contributed by atoms with Crippen LogP contribution in [0, 0.1) is 11.7 Å². The molecule has 0 radical (unpaired) electrons. The molecule has 176 valence electrons. The van der Waals surface area contributed by atoms with Gasteiger partial charge in [0.25, 0.3) is 5.56 Å². The maximum Gasteiger partial charge on any atom is 0.330 e. The number of hydrogen-bond donors (Lipinski definition) is 2. The minimum Gasteiger partial charge on any atom is -0.384 e. The summed E-state index contributed by atoms with van der Waals surface area (Å²) in [5.74, 6) is -0.853. The van der Waals surface area contributed by atoms with Crippen molar-refractivity contribution in [3.63, 3.8) is 0 Å². The van der Waals surface area contributed by atoms with Crippen molar-refractivity contribution < 1.29 is 13.9 Å². The molecule has 0 amide bonds. The SMILES string of the molecule is COCCn1c(N)c(C(=O)CSc2nnc(-c3ccccc3F)n2CC(C)C)c(=O)[nH]c1=O. The number of hydrogen-bond acceptors (Lipinski definition) is 8. The summed E-state index contributed by atoms with van der Waals surface area (Å²) in [6, 6.07) is 6.24. The molecule has 33 heavy (non-hydrogen) atoms. The fourth-order valence-electron chi connectivity index (χ4n) is 3.23. The lowest BCUT2D eigenvalue weighted by Crippen LogP contribution is -2.37. The maximum absolute atomic E-state index is 14.4. The monoisotopic (exact) mass is 476 g/mol. The highest BCUT2D eigenvalue weighted by Gasteiger charge is 2.22.